The molecule has 0 saturated carbocycles. The van der Waals surface area contributed by atoms with E-state index in [2.05, 4.69) is 5.32 Å². The second kappa shape index (κ2) is 9.33. The van der Waals surface area contributed by atoms with Crippen LogP contribution in [0.25, 0.3) is 0 Å². The highest BCUT2D eigenvalue weighted by Gasteiger charge is 2.73. The Morgan fingerprint density at radius 3 is 2.03 bits per heavy atom. The Morgan fingerprint density at radius 2 is 1.49 bits per heavy atom. The van der Waals surface area contributed by atoms with Crippen LogP contribution < -0.4 is 5.32 Å². The molecule has 0 radical (unpaired) electrons. The van der Waals surface area contributed by atoms with Gasteiger partial charge in [-0.2, -0.15) is 0 Å². The number of alkyl carbamates (subject to hydrolysis) is 1. The molecule has 9 nitrogen and oxygen atoms in total. The lowest BCUT2D eigenvalue weighted by Gasteiger charge is -2.45. The third-order valence-corrected chi connectivity index (χ3v) is 9.50. The Kier molecular flexibility index (Phi) is 6.59. The van der Waals surface area contributed by atoms with E-state index >= 15 is 0 Å². The minimum absolute atomic E-state index is 0.0341. The van der Waals surface area contributed by atoms with Crippen molar-refractivity contribution in [1.29, 1.82) is 0 Å². The van der Waals surface area contributed by atoms with Crippen molar-refractivity contribution in [2.75, 3.05) is 0 Å². The van der Waals surface area contributed by atoms with Crippen molar-refractivity contribution in [3.63, 3.8) is 0 Å². The molecule has 1 N–H and O–H groups in total. The Labute approximate surface area is 204 Å². The minimum Gasteiger partial charge on any atom is -0.459 e. The monoisotopic (exact) mass is 500 g/mol. The standard InChI is InChI=1S/C25H28N2O7S/c1-16(26-24(30)34-15-18-12-8-5-9-13-18)19-21(28)27-20(25(2,3)35(31,32)22(19)27)23(29)33-14-17-10-6-4-7-11-17/h4-13,16,19-20,22H,14-15H2,1-3H3,(H,26,30)/t16-,19+,20-,22+/m0/s1. The average Bonchev–Trinajstić information content (AvgIpc) is 2.97. The zero-order valence-corrected chi connectivity index (χ0v) is 20.5. The van der Waals surface area contributed by atoms with Crippen molar-refractivity contribution in [2.45, 2.75) is 56.2 Å². The smallest absolute Gasteiger partial charge is 0.407 e. The van der Waals surface area contributed by atoms with Crippen molar-refractivity contribution in [1.82, 2.24) is 10.2 Å². The molecule has 2 heterocycles. The summed E-state index contributed by atoms with van der Waals surface area (Å²) in [7, 11) is -3.95. The lowest BCUT2D eigenvalue weighted by Crippen LogP contribution is -2.68. The van der Waals surface area contributed by atoms with E-state index in [1.54, 1.807) is 43.3 Å². The highest BCUT2D eigenvalue weighted by Crippen LogP contribution is 2.49. The topological polar surface area (TPSA) is 119 Å². The van der Waals surface area contributed by atoms with E-state index in [1.165, 1.54) is 13.8 Å². The fourth-order valence-corrected chi connectivity index (χ4v) is 7.04. The van der Waals surface area contributed by atoms with Crippen LogP contribution in [0.1, 0.15) is 31.9 Å². The first-order chi connectivity index (χ1) is 16.6. The van der Waals surface area contributed by atoms with Gasteiger partial charge in [0.2, 0.25) is 5.91 Å². The largest absolute Gasteiger partial charge is 0.459 e. The molecule has 4 rings (SSSR count). The van der Waals surface area contributed by atoms with Crippen molar-refractivity contribution in [2.24, 2.45) is 5.92 Å². The van der Waals surface area contributed by atoms with Gasteiger partial charge in [-0.05, 0) is 31.9 Å². The number of carbonyl (C=O) groups is 3. The Bertz CT molecular complexity index is 1210. The van der Waals surface area contributed by atoms with Crippen LogP contribution >= 0.6 is 0 Å². The quantitative estimate of drug-likeness (QED) is 0.458. The van der Waals surface area contributed by atoms with Crippen molar-refractivity contribution in [3.05, 3.63) is 71.8 Å². The molecule has 0 aliphatic carbocycles. The van der Waals surface area contributed by atoms with E-state index in [0.717, 1.165) is 16.0 Å². The molecule has 4 atom stereocenters. The van der Waals surface area contributed by atoms with E-state index in [-0.39, 0.29) is 13.2 Å². The molecule has 0 aromatic heterocycles. The van der Waals surface area contributed by atoms with Crippen LogP contribution in [0.2, 0.25) is 0 Å². The van der Waals surface area contributed by atoms with E-state index in [4.69, 9.17) is 9.47 Å². The summed E-state index contributed by atoms with van der Waals surface area (Å²) in [4.78, 5) is 39.4. The molecule has 35 heavy (non-hydrogen) atoms. The Balaban J connectivity index is 1.44. The molecule has 2 saturated heterocycles. The summed E-state index contributed by atoms with van der Waals surface area (Å²) in [6.45, 7) is 4.40. The summed E-state index contributed by atoms with van der Waals surface area (Å²) in [5.41, 5.74) is 1.54. The number of fused-ring (bicyclic) bond motifs is 1. The number of ether oxygens (including phenoxy) is 2. The summed E-state index contributed by atoms with van der Waals surface area (Å²) >= 11 is 0. The van der Waals surface area contributed by atoms with Gasteiger partial charge in [-0.15, -0.1) is 0 Å². The average molecular weight is 501 g/mol. The maximum absolute atomic E-state index is 13.4. The number of benzene rings is 2. The van der Waals surface area contributed by atoms with Crippen LogP contribution in [0.15, 0.2) is 60.7 Å². The number of nitrogens with zero attached hydrogens (tertiary/aromatic N) is 1. The molecule has 186 valence electrons. The molecule has 0 unspecified atom stereocenters. The van der Waals surface area contributed by atoms with Gasteiger partial charge in [0.05, 0.1) is 10.7 Å². The van der Waals surface area contributed by atoms with Crippen LogP contribution in [-0.2, 0) is 42.1 Å². The zero-order valence-electron chi connectivity index (χ0n) is 19.7. The van der Waals surface area contributed by atoms with Gasteiger partial charge in [-0.25, -0.2) is 18.0 Å². The second-order valence-electron chi connectivity index (χ2n) is 9.30. The van der Waals surface area contributed by atoms with Crippen LogP contribution in [0.4, 0.5) is 4.79 Å². The number of nitrogens with one attached hydrogen (secondary N) is 1. The highest BCUT2D eigenvalue weighted by atomic mass is 32.2. The molecular weight excluding hydrogens is 472 g/mol. The van der Waals surface area contributed by atoms with Gasteiger partial charge in [0, 0.05) is 6.04 Å². The van der Waals surface area contributed by atoms with Crippen molar-refractivity contribution >= 4 is 27.8 Å². The maximum atomic E-state index is 13.4. The lowest BCUT2D eigenvalue weighted by atomic mass is 9.87. The second-order valence-corrected chi connectivity index (χ2v) is 11.9. The SMILES string of the molecule is C[C@H](NC(=O)OCc1ccccc1)[C@@H]1C(=O)N2[C@@H](C(=O)OCc3ccccc3)C(C)(C)S(=O)(=O)[C@H]12. The molecule has 2 aromatic carbocycles. The molecule has 2 aliphatic heterocycles. The summed E-state index contributed by atoms with van der Waals surface area (Å²) < 4.78 is 35.8. The Morgan fingerprint density at radius 1 is 0.971 bits per heavy atom. The molecule has 10 heteroatoms. The third-order valence-electron chi connectivity index (χ3n) is 6.65. The molecule has 2 aliphatic rings. The van der Waals surface area contributed by atoms with Gasteiger partial charge in [-0.1, -0.05) is 60.7 Å². The summed E-state index contributed by atoms with van der Waals surface area (Å²) in [6.07, 6.45) is -0.763. The maximum Gasteiger partial charge on any atom is 0.407 e. The number of hydrogen-bond acceptors (Lipinski definition) is 7. The number of β-lactam (4-membered cyclic amide) rings is 1. The van der Waals surface area contributed by atoms with Crippen LogP contribution in [0.3, 0.4) is 0 Å². The normalized spacial score (nSPS) is 24.6. The first-order valence-corrected chi connectivity index (χ1v) is 12.8. The fourth-order valence-electron chi connectivity index (χ4n) is 4.64. The lowest BCUT2D eigenvalue weighted by molar-refractivity contribution is -0.168. The van der Waals surface area contributed by atoms with Crippen LogP contribution in [0, 0.1) is 5.92 Å². The van der Waals surface area contributed by atoms with E-state index in [1.807, 2.05) is 24.3 Å². The van der Waals surface area contributed by atoms with Crippen molar-refractivity contribution in [3.8, 4) is 0 Å². The van der Waals surface area contributed by atoms with E-state index in [0.29, 0.717) is 0 Å². The van der Waals surface area contributed by atoms with Gasteiger partial charge in [0.15, 0.2) is 9.84 Å². The summed E-state index contributed by atoms with van der Waals surface area (Å²) in [6, 6.07) is 16.0. The molecule has 0 bridgehead atoms. The van der Waals surface area contributed by atoms with Crippen molar-refractivity contribution < 1.29 is 32.3 Å². The fraction of sp³-hybridized carbons (Fsp3) is 0.400. The third kappa shape index (κ3) is 4.38. The molecule has 2 fully saturated rings. The van der Waals surface area contributed by atoms with Gasteiger partial charge < -0.3 is 19.7 Å². The highest BCUT2D eigenvalue weighted by molar-refractivity contribution is 7.93. The summed E-state index contributed by atoms with van der Waals surface area (Å²) in [5, 5.41) is 1.33. The van der Waals surface area contributed by atoms with Gasteiger partial charge in [-0.3, -0.25) is 4.79 Å². The first kappa shape index (κ1) is 24.7. The zero-order chi connectivity index (χ0) is 25.4. The van der Waals surface area contributed by atoms with Crippen LogP contribution in [0.5, 0.6) is 0 Å². The minimum atomic E-state index is -3.95. The molecular formula is C25H28N2O7S. The number of esters is 1. The van der Waals surface area contributed by atoms with E-state index < -0.39 is 55.9 Å². The summed E-state index contributed by atoms with van der Waals surface area (Å²) in [5.74, 6) is -2.34. The number of rotatable bonds is 7. The molecule has 0 spiro atoms. The first-order valence-electron chi connectivity index (χ1n) is 11.3. The van der Waals surface area contributed by atoms with Crippen LogP contribution in [-0.4, -0.2) is 53.5 Å². The number of hydrogen-bond donors (Lipinski definition) is 1. The number of amides is 2. The molecule has 2 amide bonds. The van der Waals surface area contributed by atoms with Gasteiger partial charge >= 0.3 is 12.1 Å². The predicted molar refractivity (Wildman–Crippen MR) is 126 cm³/mol. The Hall–Kier alpha value is -3.40. The predicted octanol–water partition coefficient (Wildman–Crippen LogP) is 2.40. The number of carbonyl (C=O) groups excluding carboxylic acids is 3. The molecule has 2 aromatic rings. The van der Waals surface area contributed by atoms with Gasteiger partial charge in [0.25, 0.3) is 0 Å². The number of sulfone groups is 1. The van der Waals surface area contributed by atoms with E-state index in [9.17, 15) is 22.8 Å². The van der Waals surface area contributed by atoms with Gasteiger partial charge in [0.1, 0.15) is 24.6 Å².